The van der Waals surface area contributed by atoms with Gasteiger partial charge in [0, 0.05) is 11.1 Å². The lowest BCUT2D eigenvalue weighted by Gasteiger charge is -2.14. The minimum atomic E-state index is -0.782. The van der Waals surface area contributed by atoms with Crippen molar-refractivity contribution in [2.75, 3.05) is 0 Å². The molecule has 3 heteroatoms. The number of carbonyl (C=O) groups excluding carboxylic acids is 1. The second kappa shape index (κ2) is 9.40. The van der Waals surface area contributed by atoms with Gasteiger partial charge in [0.1, 0.15) is 11.5 Å². The van der Waals surface area contributed by atoms with Crippen LogP contribution in [0.25, 0.3) is 43.8 Å². The Labute approximate surface area is 209 Å². The number of hydrogen-bond acceptors (Lipinski definition) is 3. The average Bonchev–Trinajstić information content (AvgIpc) is 2.93. The number of carbonyl (C=O) groups is 1. The molecule has 3 nitrogen and oxygen atoms in total. The molecular weight excluding hydrogens is 444 g/mol. The van der Waals surface area contributed by atoms with Gasteiger partial charge < -0.3 is 9.47 Å². The standard InChI is InChI=1S/C33H22O3/c34-33(35-31-21-7-5-17-29(31)27-19-9-13-23-11-1-3-15-25(23)27)36-32-22-8-6-18-30(32)28-20-10-14-24-12-2-4-16-26(24)28/h1-22H. The van der Waals surface area contributed by atoms with E-state index in [1.165, 1.54) is 0 Å². The number of rotatable bonds is 4. The first-order chi connectivity index (χ1) is 17.8. The quantitative estimate of drug-likeness (QED) is 0.192. The van der Waals surface area contributed by atoms with Gasteiger partial charge in [0.15, 0.2) is 0 Å². The van der Waals surface area contributed by atoms with Crippen molar-refractivity contribution in [3.8, 4) is 33.8 Å². The summed E-state index contributed by atoms with van der Waals surface area (Å²) in [4.78, 5) is 13.0. The van der Waals surface area contributed by atoms with E-state index in [1.54, 1.807) is 12.1 Å². The maximum absolute atomic E-state index is 13.0. The van der Waals surface area contributed by atoms with E-state index in [9.17, 15) is 4.79 Å². The highest BCUT2D eigenvalue weighted by Gasteiger charge is 2.17. The molecule has 0 saturated carbocycles. The van der Waals surface area contributed by atoms with Crippen molar-refractivity contribution >= 4 is 27.7 Å². The lowest BCUT2D eigenvalue weighted by molar-refractivity contribution is 0.152. The fourth-order valence-electron chi connectivity index (χ4n) is 4.68. The van der Waals surface area contributed by atoms with E-state index in [-0.39, 0.29) is 0 Å². The largest absolute Gasteiger partial charge is 0.519 e. The molecule has 0 aliphatic carbocycles. The second-order valence-electron chi connectivity index (χ2n) is 8.50. The van der Waals surface area contributed by atoms with Crippen LogP contribution in [0.15, 0.2) is 133 Å². The van der Waals surface area contributed by atoms with Gasteiger partial charge in [-0.25, -0.2) is 4.79 Å². The molecule has 6 aromatic carbocycles. The van der Waals surface area contributed by atoms with Crippen molar-refractivity contribution in [3.63, 3.8) is 0 Å². The van der Waals surface area contributed by atoms with Gasteiger partial charge in [0.2, 0.25) is 0 Å². The Bertz CT molecular complexity index is 1580. The Morgan fingerprint density at radius 1 is 0.389 bits per heavy atom. The molecule has 0 bridgehead atoms. The molecule has 0 heterocycles. The summed E-state index contributed by atoms with van der Waals surface area (Å²) in [5.74, 6) is 0.892. The Balaban J connectivity index is 1.33. The highest BCUT2D eigenvalue weighted by molar-refractivity contribution is 5.99. The van der Waals surface area contributed by atoms with E-state index < -0.39 is 6.16 Å². The molecule has 172 valence electrons. The van der Waals surface area contributed by atoms with Gasteiger partial charge >= 0.3 is 6.16 Å². The Morgan fingerprint density at radius 3 is 1.25 bits per heavy atom. The summed E-state index contributed by atoms with van der Waals surface area (Å²) in [5, 5.41) is 4.42. The van der Waals surface area contributed by atoms with Crippen LogP contribution >= 0.6 is 0 Å². The summed E-state index contributed by atoms with van der Waals surface area (Å²) in [5.41, 5.74) is 3.64. The fourth-order valence-corrected chi connectivity index (χ4v) is 4.68. The lowest BCUT2D eigenvalue weighted by atomic mass is 9.97. The highest BCUT2D eigenvalue weighted by atomic mass is 16.7. The van der Waals surface area contributed by atoms with Crippen LogP contribution in [-0.2, 0) is 0 Å². The van der Waals surface area contributed by atoms with E-state index in [1.807, 2.05) is 84.9 Å². The summed E-state index contributed by atoms with van der Waals surface area (Å²) >= 11 is 0. The van der Waals surface area contributed by atoms with Crippen molar-refractivity contribution < 1.29 is 14.3 Å². The summed E-state index contributed by atoms with van der Waals surface area (Å²) in [7, 11) is 0. The second-order valence-corrected chi connectivity index (χ2v) is 8.50. The van der Waals surface area contributed by atoms with Crippen molar-refractivity contribution in [2.24, 2.45) is 0 Å². The van der Waals surface area contributed by atoms with E-state index >= 15 is 0 Å². The van der Waals surface area contributed by atoms with Gasteiger partial charge in [0.05, 0.1) is 0 Å². The molecule has 0 unspecified atom stereocenters. The molecule has 0 spiro atoms. The van der Waals surface area contributed by atoms with Gasteiger partial charge in [-0.15, -0.1) is 0 Å². The molecule has 0 aromatic heterocycles. The summed E-state index contributed by atoms with van der Waals surface area (Å²) < 4.78 is 11.5. The number of benzene rings is 6. The van der Waals surface area contributed by atoms with Gasteiger partial charge in [0.25, 0.3) is 0 Å². The van der Waals surface area contributed by atoms with Crippen LogP contribution in [0.5, 0.6) is 11.5 Å². The van der Waals surface area contributed by atoms with Crippen LogP contribution in [0.1, 0.15) is 0 Å². The summed E-state index contributed by atoms with van der Waals surface area (Å²) in [6.45, 7) is 0. The number of para-hydroxylation sites is 2. The molecule has 6 aromatic rings. The molecule has 36 heavy (non-hydrogen) atoms. The molecule has 0 atom stereocenters. The molecule has 0 saturated heterocycles. The van der Waals surface area contributed by atoms with E-state index in [0.717, 1.165) is 43.8 Å². The third kappa shape index (κ3) is 4.08. The van der Waals surface area contributed by atoms with E-state index in [0.29, 0.717) is 11.5 Å². The van der Waals surface area contributed by atoms with Crippen molar-refractivity contribution in [1.82, 2.24) is 0 Å². The SMILES string of the molecule is O=C(Oc1ccccc1-c1cccc2ccccc12)Oc1ccccc1-c1cccc2ccccc12. The van der Waals surface area contributed by atoms with Crippen molar-refractivity contribution in [2.45, 2.75) is 0 Å². The highest BCUT2D eigenvalue weighted by Crippen LogP contribution is 2.37. The normalized spacial score (nSPS) is 10.9. The van der Waals surface area contributed by atoms with Gasteiger partial charge in [-0.1, -0.05) is 121 Å². The molecule has 0 amide bonds. The Morgan fingerprint density at radius 2 is 0.750 bits per heavy atom. The Hall–Kier alpha value is -4.89. The molecule has 6 rings (SSSR count). The first-order valence-corrected chi connectivity index (χ1v) is 11.8. The van der Waals surface area contributed by atoms with Crippen LogP contribution < -0.4 is 9.47 Å². The van der Waals surface area contributed by atoms with Crippen LogP contribution in [0, 0.1) is 0 Å². The van der Waals surface area contributed by atoms with Crippen molar-refractivity contribution in [1.29, 1.82) is 0 Å². The predicted octanol–water partition coefficient (Wildman–Crippen LogP) is 8.90. The average molecular weight is 467 g/mol. The number of hydrogen-bond donors (Lipinski definition) is 0. The minimum Gasteiger partial charge on any atom is -0.394 e. The topological polar surface area (TPSA) is 35.5 Å². The number of fused-ring (bicyclic) bond motifs is 2. The fraction of sp³-hybridized carbons (Fsp3) is 0. The maximum Gasteiger partial charge on any atom is 0.519 e. The molecular formula is C33H22O3. The third-order valence-electron chi connectivity index (χ3n) is 6.32. The van der Waals surface area contributed by atoms with Crippen LogP contribution in [0.2, 0.25) is 0 Å². The molecule has 0 N–H and O–H groups in total. The van der Waals surface area contributed by atoms with Crippen LogP contribution in [0.3, 0.4) is 0 Å². The first kappa shape index (κ1) is 21.6. The van der Waals surface area contributed by atoms with E-state index in [4.69, 9.17) is 9.47 Å². The zero-order valence-corrected chi connectivity index (χ0v) is 19.4. The molecule has 0 fully saturated rings. The third-order valence-corrected chi connectivity index (χ3v) is 6.32. The number of ether oxygens (including phenoxy) is 2. The maximum atomic E-state index is 13.0. The van der Waals surface area contributed by atoms with Gasteiger partial charge in [-0.2, -0.15) is 0 Å². The lowest BCUT2D eigenvalue weighted by Crippen LogP contribution is -2.14. The zero-order valence-electron chi connectivity index (χ0n) is 19.4. The van der Waals surface area contributed by atoms with Gasteiger partial charge in [-0.3, -0.25) is 0 Å². The smallest absolute Gasteiger partial charge is 0.394 e. The van der Waals surface area contributed by atoms with E-state index in [2.05, 4.69) is 36.4 Å². The monoisotopic (exact) mass is 466 g/mol. The zero-order chi connectivity index (χ0) is 24.3. The minimum absolute atomic E-state index is 0.446. The summed E-state index contributed by atoms with van der Waals surface area (Å²) in [6, 6.07) is 43.6. The van der Waals surface area contributed by atoms with Gasteiger partial charge in [-0.05, 0) is 44.8 Å². The first-order valence-electron chi connectivity index (χ1n) is 11.8. The predicted molar refractivity (Wildman–Crippen MR) is 145 cm³/mol. The molecule has 0 radical (unpaired) electrons. The molecule has 0 aliphatic heterocycles. The molecule has 0 aliphatic rings. The van der Waals surface area contributed by atoms with Crippen molar-refractivity contribution in [3.05, 3.63) is 133 Å². The Kier molecular flexibility index (Phi) is 5.65. The van der Waals surface area contributed by atoms with Crippen LogP contribution in [0.4, 0.5) is 4.79 Å². The summed E-state index contributed by atoms with van der Waals surface area (Å²) in [6.07, 6.45) is -0.782. The van der Waals surface area contributed by atoms with Crippen LogP contribution in [-0.4, -0.2) is 6.16 Å².